The Morgan fingerprint density at radius 3 is 1.20 bits per heavy atom. The molecule has 0 saturated carbocycles. The average Bonchev–Trinajstić information content (AvgIpc) is 3.86. The zero-order valence-electron chi connectivity index (χ0n) is 34.1. The van der Waals surface area contributed by atoms with Gasteiger partial charge in [-0.25, -0.2) is 19.9 Å². The van der Waals surface area contributed by atoms with E-state index in [9.17, 15) is 56.8 Å². The number of nitrogens with one attached hydrogen (secondary N) is 2. The predicted molar refractivity (Wildman–Crippen MR) is 229 cm³/mol. The average molecular weight is 915 g/mol. The highest BCUT2D eigenvalue weighted by atomic mass is 19.4. The summed E-state index contributed by atoms with van der Waals surface area (Å²) in [5, 5.41) is 49.4. The molecule has 0 amide bonds. The van der Waals surface area contributed by atoms with Gasteiger partial charge in [-0.1, -0.05) is 60.7 Å². The Hall–Kier alpha value is -7.98. The number of halogens is 6. The number of fused-ring (bicyclic) bond motifs is 2. The lowest BCUT2D eigenvalue weighted by Gasteiger charge is -2.30. The maximum atomic E-state index is 14.2. The van der Waals surface area contributed by atoms with E-state index in [-0.39, 0.29) is 58.2 Å². The molecule has 4 N–H and O–H groups in total. The van der Waals surface area contributed by atoms with Crippen LogP contribution in [-0.2, 0) is 24.3 Å². The minimum Gasteiger partial charge on any atom is -0.375 e. The van der Waals surface area contributed by atoms with Gasteiger partial charge in [0.1, 0.15) is 0 Å². The number of alkyl halides is 6. The highest BCUT2D eigenvalue weighted by Gasteiger charge is 2.57. The van der Waals surface area contributed by atoms with Crippen LogP contribution in [0.25, 0.3) is 21.8 Å². The second kappa shape index (κ2) is 18.6. The summed E-state index contributed by atoms with van der Waals surface area (Å²) in [6.07, 6.45) is -2.35. The molecule has 0 bridgehead atoms. The van der Waals surface area contributed by atoms with Crippen molar-refractivity contribution in [1.29, 1.82) is 0 Å². The summed E-state index contributed by atoms with van der Waals surface area (Å²) >= 11 is 0. The van der Waals surface area contributed by atoms with Crippen molar-refractivity contribution in [2.24, 2.45) is 0 Å². The molecule has 2 unspecified atom stereocenters. The Labute approximate surface area is 369 Å². The van der Waals surface area contributed by atoms with Crippen molar-refractivity contribution in [2.75, 3.05) is 23.7 Å². The van der Waals surface area contributed by atoms with E-state index >= 15 is 0 Å². The van der Waals surface area contributed by atoms with Crippen LogP contribution in [0.5, 0.6) is 0 Å². The van der Waals surface area contributed by atoms with Crippen LogP contribution in [0.1, 0.15) is 22.3 Å². The van der Waals surface area contributed by atoms with Gasteiger partial charge in [-0.3, -0.25) is 20.2 Å². The van der Waals surface area contributed by atoms with Gasteiger partial charge in [0, 0.05) is 96.4 Å². The molecule has 8 aromatic rings. The lowest BCUT2D eigenvalue weighted by molar-refractivity contribution is -0.384. The van der Waals surface area contributed by atoms with Gasteiger partial charge in [0.25, 0.3) is 11.4 Å². The summed E-state index contributed by atoms with van der Waals surface area (Å²) in [7, 11) is 0. The number of non-ortho nitro benzene ring substituents is 2. The Balaban J connectivity index is 0.000000196. The number of anilines is 2. The maximum absolute atomic E-state index is 14.2. The molecule has 4 aromatic carbocycles. The van der Waals surface area contributed by atoms with E-state index in [1.54, 1.807) is 60.7 Å². The highest BCUT2D eigenvalue weighted by molar-refractivity contribution is 5.88. The minimum absolute atomic E-state index is 0.0483. The number of aliphatic hydroxyl groups is 2. The van der Waals surface area contributed by atoms with E-state index in [1.807, 2.05) is 0 Å². The second-order valence-electron chi connectivity index (χ2n) is 14.8. The van der Waals surface area contributed by atoms with Crippen molar-refractivity contribution >= 4 is 45.1 Å². The van der Waals surface area contributed by atoms with Crippen molar-refractivity contribution in [2.45, 2.75) is 36.6 Å². The standard InChI is InChI=1S/2C22H18F3N5O3/c2*23-22(24,25)21(31,14-28-20-26-9-4-10-27-20)18-13-29(12-15-5-2-1-3-6-15)19-11-16(30(32)33)7-8-17(18)19/h2*1-11,13,31H,12,14H2,(H,26,27,28). The van der Waals surface area contributed by atoms with Crippen molar-refractivity contribution in [3.63, 3.8) is 0 Å². The topological polar surface area (TPSA) is 212 Å². The summed E-state index contributed by atoms with van der Waals surface area (Å²) in [6.45, 7) is -1.60. The van der Waals surface area contributed by atoms with Gasteiger partial charge < -0.3 is 30.0 Å². The van der Waals surface area contributed by atoms with Gasteiger partial charge >= 0.3 is 12.4 Å². The van der Waals surface area contributed by atoms with Gasteiger partial charge in [0.2, 0.25) is 23.1 Å². The first kappa shape index (κ1) is 46.0. The monoisotopic (exact) mass is 914 g/mol. The van der Waals surface area contributed by atoms with Gasteiger partial charge in [0.05, 0.1) is 34.0 Å². The van der Waals surface area contributed by atoms with Crippen molar-refractivity contribution in [1.82, 2.24) is 29.1 Å². The predicted octanol–water partition coefficient (Wildman–Crippen LogP) is 8.50. The van der Waals surface area contributed by atoms with Crippen molar-refractivity contribution in [3.05, 3.63) is 189 Å². The molecular formula is C44H36F6N10O6. The number of nitro groups is 2. The molecule has 4 aromatic heterocycles. The summed E-state index contributed by atoms with van der Waals surface area (Å²) in [6, 6.07) is 27.9. The van der Waals surface area contributed by atoms with E-state index in [4.69, 9.17) is 0 Å². The summed E-state index contributed by atoms with van der Waals surface area (Å²) in [4.78, 5) is 36.6. The van der Waals surface area contributed by atoms with E-state index in [1.165, 1.54) is 82.7 Å². The molecule has 0 radical (unpaired) electrons. The Kier molecular flexibility index (Phi) is 13.0. The highest BCUT2D eigenvalue weighted by Crippen LogP contribution is 2.45. The molecule has 22 heteroatoms. The molecule has 16 nitrogen and oxygen atoms in total. The number of rotatable bonds is 14. The van der Waals surface area contributed by atoms with Gasteiger partial charge in [0.15, 0.2) is 0 Å². The van der Waals surface area contributed by atoms with Crippen molar-refractivity contribution in [3.8, 4) is 0 Å². The summed E-state index contributed by atoms with van der Waals surface area (Å²) in [5.74, 6) is -0.160. The number of aromatic nitrogens is 6. The Morgan fingerprint density at radius 1 is 0.530 bits per heavy atom. The third kappa shape index (κ3) is 9.73. The van der Waals surface area contributed by atoms with Crippen LogP contribution in [0.2, 0.25) is 0 Å². The molecular weight excluding hydrogens is 879 g/mol. The molecule has 0 saturated heterocycles. The second-order valence-corrected chi connectivity index (χ2v) is 14.8. The molecule has 4 heterocycles. The SMILES string of the molecule is O=[N+]([O-])c1ccc2c(C(O)(CNc3ncccn3)C(F)(F)F)cn(Cc3ccccc3)c2c1.O=[N+]([O-])c1ccc2c(C(O)(CNc3ncccn3)C(F)(F)F)cn(Cc3ccccc3)c2c1. The molecule has 2 atom stereocenters. The van der Waals surface area contributed by atoms with Crippen LogP contribution < -0.4 is 10.6 Å². The molecule has 8 rings (SSSR count). The van der Waals surface area contributed by atoms with Crippen LogP contribution in [0.4, 0.5) is 49.6 Å². The van der Waals surface area contributed by atoms with Crippen LogP contribution in [-0.4, -0.2) is 74.6 Å². The van der Waals surface area contributed by atoms with Gasteiger partial charge in [-0.05, 0) is 35.4 Å². The molecule has 0 aliphatic rings. The third-order valence-corrected chi connectivity index (χ3v) is 10.5. The van der Waals surface area contributed by atoms with Gasteiger partial charge in [-0.15, -0.1) is 0 Å². The zero-order chi connectivity index (χ0) is 47.3. The van der Waals surface area contributed by atoms with Crippen LogP contribution in [0.3, 0.4) is 0 Å². The fraction of sp³-hybridized carbons (Fsp3) is 0.182. The number of hydrogen-bond donors (Lipinski definition) is 4. The third-order valence-electron chi connectivity index (χ3n) is 10.5. The number of nitro benzene ring substituents is 2. The Bertz CT molecular complexity index is 2760. The quantitative estimate of drug-likeness (QED) is 0.0460. The number of benzene rings is 4. The fourth-order valence-corrected chi connectivity index (χ4v) is 7.16. The minimum atomic E-state index is -5.07. The largest absolute Gasteiger partial charge is 0.423 e. The summed E-state index contributed by atoms with van der Waals surface area (Å²) < 4.78 is 88.2. The van der Waals surface area contributed by atoms with Crippen LogP contribution >= 0.6 is 0 Å². The molecule has 0 aliphatic heterocycles. The van der Waals surface area contributed by atoms with Gasteiger partial charge in [-0.2, -0.15) is 26.3 Å². The van der Waals surface area contributed by atoms with Crippen LogP contribution in [0, 0.1) is 20.2 Å². The molecule has 340 valence electrons. The van der Waals surface area contributed by atoms with E-state index in [2.05, 4.69) is 30.6 Å². The maximum Gasteiger partial charge on any atom is 0.423 e. The molecule has 0 spiro atoms. The fourth-order valence-electron chi connectivity index (χ4n) is 7.16. The van der Waals surface area contributed by atoms with E-state index in [0.717, 1.165) is 23.3 Å². The number of nitrogens with zero attached hydrogens (tertiary/aromatic N) is 8. The number of hydrogen-bond acceptors (Lipinski definition) is 12. The first-order chi connectivity index (χ1) is 31.4. The molecule has 0 aliphatic carbocycles. The lowest BCUT2D eigenvalue weighted by atomic mass is 9.92. The van der Waals surface area contributed by atoms with E-state index in [0.29, 0.717) is 0 Å². The zero-order valence-corrected chi connectivity index (χ0v) is 34.1. The molecule has 66 heavy (non-hydrogen) atoms. The van der Waals surface area contributed by atoms with Crippen LogP contribution in [0.15, 0.2) is 146 Å². The first-order valence-corrected chi connectivity index (χ1v) is 19.6. The summed E-state index contributed by atoms with van der Waals surface area (Å²) in [5.41, 5.74) is -6.09. The smallest absolute Gasteiger partial charge is 0.375 e. The van der Waals surface area contributed by atoms with E-state index < -0.39 is 57.6 Å². The first-order valence-electron chi connectivity index (χ1n) is 19.6. The normalized spacial score (nSPS) is 13.6. The lowest BCUT2D eigenvalue weighted by Crippen LogP contribution is -2.47. The molecule has 0 fully saturated rings. The Morgan fingerprint density at radius 2 is 0.879 bits per heavy atom. The van der Waals surface area contributed by atoms with Crippen molar-refractivity contribution < 1.29 is 46.4 Å².